The number of rotatable bonds is 5. The number of halogens is 2. The van der Waals surface area contributed by atoms with Crippen LogP contribution >= 0.6 is 23.2 Å². The molecule has 0 aliphatic rings. The largest absolute Gasteiger partial charge is 0.397 e. The van der Waals surface area contributed by atoms with E-state index in [0.717, 1.165) is 0 Å². The predicted molar refractivity (Wildman–Crippen MR) is 136 cm³/mol. The van der Waals surface area contributed by atoms with Crippen LogP contribution in [0.2, 0.25) is 10.0 Å². The zero-order chi connectivity index (χ0) is 24.6. The number of amides is 2. The minimum atomic E-state index is -0.556. The molecule has 0 spiro atoms. The van der Waals surface area contributed by atoms with E-state index < -0.39 is 6.03 Å². The van der Waals surface area contributed by atoms with E-state index in [9.17, 15) is 9.59 Å². The SMILES string of the molecule is CC(C)n1cc(C(=O)c2ccc(NC(=O)Nc3ccc(Cl)cc3Cl)c(N)c2)c2c(N)ncnc21. The van der Waals surface area contributed by atoms with Gasteiger partial charge >= 0.3 is 6.03 Å². The number of fused-ring (bicyclic) bond motifs is 1. The Labute approximate surface area is 205 Å². The number of benzene rings is 2. The Balaban J connectivity index is 1.59. The van der Waals surface area contributed by atoms with Gasteiger partial charge in [-0.25, -0.2) is 14.8 Å². The summed E-state index contributed by atoms with van der Waals surface area (Å²) < 4.78 is 1.87. The minimum absolute atomic E-state index is 0.0580. The smallest absolute Gasteiger partial charge is 0.323 e. The predicted octanol–water partition coefficient (Wildman–Crippen LogP) is 5.36. The Morgan fingerprint density at radius 1 is 1.00 bits per heavy atom. The standard InChI is InChI=1S/C23H21Cl2N7O2/c1-11(2)32-9-14(19-21(27)28-10-29-22(19)32)20(33)12-3-5-18(16(26)7-12)31-23(34)30-17-6-4-13(24)8-15(17)25/h3-11H,26H2,1-2H3,(H2,27,28,29)(H2,30,31,34). The van der Waals surface area contributed by atoms with E-state index in [1.165, 1.54) is 18.5 Å². The van der Waals surface area contributed by atoms with Crippen molar-refractivity contribution in [3.63, 3.8) is 0 Å². The normalized spacial score (nSPS) is 11.1. The molecule has 0 saturated heterocycles. The summed E-state index contributed by atoms with van der Waals surface area (Å²) in [5.41, 5.74) is 14.4. The van der Waals surface area contributed by atoms with Gasteiger partial charge in [0.2, 0.25) is 0 Å². The van der Waals surface area contributed by atoms with Crippen molar-refractivity contribution in [1.82, 2.24) is 14.5 Å². The molecule has 2 amide bonds. The number of aromatic nitrogens is 3. The lowest BCUT2D eigenvalue weighted by atomic mass is 10.0. The molecule has 174 valence electrons. The van der Waals surface area contributed by atoms with Crippen LogP contribution in [0.25, 0.3) is 11.0 Å². The summed E-state index contributed by atoms with van der Waals surface area (Å²) in [6, 6.07) is 8.81. The van der Waals surface area contributed by atoms with Crippen molar-refractivity contribution in [1.29, 1.82) is 0 Å². The topological polar surface area (TPSA) is 141 Å². The first-order valence-corrected chi connectivity index (χ1v) is 11.0. The van der Waals surface area contributed by atoms with Crippen LogP contribution in [0.4, 0.5) is 27.7 Å². The number of nitrogens with two attached hydrogens (primary N) is 2. The average molecular weight is 498 g/mol. The van der Waals surface area contributed by atoms with Crippen LogP contribution in [-0.2, 0) is 0 Å². The molecule has 0 aliphatic heterocycles. The lowest BCUT2D eigenvalue weighted by Crippen LogP contribution is -2.20. The molecule has 4 aromatic rings. The van der Waals surface area contributed by atoms with Gasteiger partial charge in [-0.2, -0.15) is 0 Å². The molecular weight excluding hydrogens is 477 g/mol. The van der Waals surface area contributed by atoms with E-state index in [-0.39, 0.29) is 23.3 Å². The van der Waals surface area contributed by atoms with Crippen LogP contribution in [0.3, 0.4) is 0 Å². The summed E-state index contributed by atoms with van der Waals surface area (Å²) in [5, 5.41) is 6.49. The van der Waals surface area contributed by atoms with Crippen LogP contribution in [-0.4, -0.2) is 26.3 Å². The van der Waals surface area contributed by atoms with Crippen molar-refractivity contribution in [3.8, 4) is 0 Å². The van der Waals surface area contributed by atoms with Crippen LogP contribution in [0.15, 0.2) is 48.9 Å². The van der Waals surface area contributed by atoms with Crippen molar-refractivity contribution < 1.29 is 9.59 Å². The maximum Gasteiger partial charge on any atom is 0.323 e. The molecule has 0 bridgehead atoms. The quantitative estimate of drug-likeness (QED) is 0.216. The minimum Gasteiger partial charge on any atom is -0.397 e. The van der Waals surface area contributed by atoms with Crippen LogP contribution in [0.1, 0.15) is 35.8 Å². The van der Waals surface area contributed by atoms with Gasteiger partial charge < -0.3 is 26.7 Å². The second-order valence-electron chi connectivity index (χ2n) is 7.84. The summed E-state index contributed by atoms with van der Waals surface area (Å²) in [6.07, 6.45) is 3.08. The molecule has 2 aromatic heterocycles. The number of anilines is 4. The highest BCUT2D eigenvalue weighted by Gasteiger charge is 2.22. The fourth-order valence-electron chi connectivity index (χ4n) is 3.51. The molecule has 0 fully saturated rings. The van der Waals surface area contributed by atoms with Gasteiger partial charge in [-0.1, -0.05) is 23.2 Å². The van der Waals surface area contributed by atoms with Crippen molar-refractivity contribution in [2.75, 3.05) is 22.1 Å². The second-order valence-corrected chi connectivity index (χ2v) is 8.68. The van der Waals surface area contributed by atoms with Crippen molar-refractivity contribution >= 4 is 68.9 Å². The molecule has 0 aliphatic carbocycles. The number of nitrogen functional groups attached to an aromatic ring is 2. The van der Waals surface area contributed by atoms with Crippen LogP contribution < -0.4 is 22.1 Å². The maximum absolute atomic E-state index is 13.3. The van der Waals surface area contributed by atoms with Gasteiger partial charge in [0.25, 0.3) is 0 Å². The summed E-state index contributed by atoms with van der Waals surface area (Å²) in [6.45, 7) is 3.96. The molecule has 9 nitrogen and oxygen atoms in total. The fourth-order valence-corrected chi connectivity index (χ4v) is 3.97. The van der Waals surface area contributed by atoms with E-state index in [0.29, 0.717) is 43.6 Å². The number of hydrogen-bond donors (Lipinski definition) is 4. The fraction of sp³-hybridized carbons (Fsp3) is 0.130. The molecule has 34 heavy (non-hydrogen) atoms. The van der Waals surface area contributed by atoms with E-state index >= 15 is 0 Å². The zero-order valence-electron chi connectivity index (χ0n) is 18.3. The van der Waals surface area contributed by atoms with Crippen LogP contribution in [0, 0.1) is 0 Å². The molecule has 0 radical (unpaired) electrons. The highest BCUT2D eigenvalue weighted by molar-refractivity contribution is 6.36. The molecular formula is C23H21Cl2N7O2. The monoisotopic (exact) mass is 497 g/mol. The van der Waals surface area contributed by atoms with Gasteiger partial charge in [-0.3, -0.25) is 4.79 Å². The molecule has 2 aromatic carbocycles. The van der Waals surface area contributed by atoms with E-state index in [4.69, 9.17) is 34.7 Å². The summed E-state index contributed by atoms with van der Waals surface area (Å²) in [5.74, 6) is -0.0712. The summed E-state index contributed by atoms with van der Waals surface area (Å²) >= 11 is 12.0. The number of carbonyl (C=O) groups is 2. The van der Waals surface area contributed by atoms with Gasteiger partial charge in [-0.15, -0.1) is 0 Å². The lowest BCUT2D eigenvalue weighted by molar-refractivity contribution is 0.104. The number of nitrogens with zero attached hydrogens (tertiary/aromatic N) is 3. The number of hydrogen-bond acceptors (Lipinski definition) is 6. The van der Waals surface area contributed by atoms with Crippen LogP contribution in [0.5, 0.6) is 0 Å². The average Bonchev–Trinajstić information content (AvgIpc) is 3.18. The number of nitrogens with one attached hydrogen (secondary N) is 2. The Morgan fingerprint density at radius 3 is 2.38 bits per heavy atom. The molecule has 0 unspecified atom stereocenters. The van der Waals surface area contributed by atoms with Gasteiger partial charge in [0, 0.05) is 22.8 Å². The molecule has 4 rings (SSSR count). The van der Waals surface area contributed by atoms with Gasteiger partial charge in [0.05, 0.1) is 33.0 Å². The van der Waals surface area contributed by atoms with Crippen molar-refractivity contribution in [2.45, 2.75) is 19.9 Å². The van der Waals surface area contributed by atoms with Gasteiger partial charge in [0.15, 0.2) is 5.78 Å². The molecule has 2 heterocycles. The van der Waals surface area contributed by atoms with E-state index in [2.05, 4.69) is 20.6 Å². The third kappa shape index (κ3) is 4.48. The number of ketones is 1. The molecule has 6 N–H and O–H groups in total. The van der Waals surface area contributed by atoms with E-state index in [1.807, 2.05) is 18.4 Å². The van der Waals surface area contributed by atoms with E-state index in [1.54, 1.807) is 30.5 Å². The Bertz CT molecular complexity index is 1430. The van der Waals surface area contributed by atoms with Gasteiger partial charge in [-0.05, 0) is 50.2 Å². The Hall–Kier alpha value is -3.82. The molecule has 0 atom stereocenters. The Morgan fingerprint density at radius 2 is 1.71 bits per heavy atom. The lowest BCUT2D eigenvalue weighted by Gasteiger charge is -2.12. The molecule has 0 saturated carbocycles. The first-order chi connectivity index (χ1) is 16.2. The third-order valence-corrected chi connectivity index (χ3v) is 5.73. The third-order valence-electron chi connectivity index (χ3n) is 5.18. The number of carbonyl (C=O) groups excluding carboxylic acids is 2. The molecule has 11 heteroatoms. The number of urea groups is 1. The van der Waals surface area contributed by atoms with Gasteiger partial charge in [0.1, 0.15) is 17.8 Å². The highest BCUT2D eigenvalue weighted by Crippen LogP contribution is 2.30. The zero-order valence-corrected chi connectivity index (χ0v) is 19.8. The van der Waals surface area contributed by atoms with Crippen molar-refractivity contribution in [3.05, 3.63) is 70.1 Å². The maximum atomic E-state index is 13.3. The first kappa shape index (κ1) is 23.3. The summed E-state index contributed by atoms with van der Waals surface area (Å²) in [4.78, 5) is 34.1. The highest BCUT2D eigenvalue weighted by atomic mass is 35.5. The second kappa shape index (κ2) is 9.20. The summed E-state index contributed by atoms with van der Waals surface area (Å²) in [7, 11) is 0. The van der Waals surface area contributed by atoms with Crippen molar-refractivity contribution in [2.24, 2.45) is 0 Å². The first-order valence-electron chi connectivity index (χ1n) is 10.2. The Kier molecular flexibility index (Phi) is 6.32.